The predicted octanol–water partition coefficient (Wildman–Crippen LogP) is 2.32. The molecule has 1 fully saturated rings. The molecule has 0 radical (unpaired) electrons. The highest BCUT2D eigenvalue weighted by Crippen LogP contribution is 2.39. The van der Waals surface area contributed by atoms with Crippen molar-refractivity contribution in [1.29, 1.82) is 0 Å². The van der Waals surface area contributed by atoms with Crippen LogP contribution in [0.5, 0.6) is 0 Å². The number of aromatic nitrogens is 1. The van der Waals surface area contributed by atoms with E-state index in [0.29, 0.717) is 0 Å². The van der Waals surface area contributed by atoms with Crippen molar-refractivity contribution in [2.45, 2.75) is 38.3 Å². The highest BCUT2D eigenvalue weighted by molar-refractivity contribution is 5.17. The number of nitrogens with zero attached hydrogens (tertiary/aromatic N) is 1. The smallest absolute Gasteiger partial charge is 0.0462 e. The van der Waals surface area contributed by atoms with Gasteiger partial charge in [-0.25, -0.2) is 0 Å². The lowest BCUT2D eigenvalue weighted by atomic mass is 10.1. The van der Waals surface area contributed by atoms with Gasteiger partial charge in [-0.05, 0) is 43.2 Å². The normalized spacial score (nSPS) is 17.6. The Morgan fingerprint density at radius 1 is 1.50 bits per heavy atom. The lowest BCUT2D eigenvalue weighted by Crippen LogP contribution is -2.11. The maximum Gasteiger partial charge on any atom is 0.0462 e. The number of rotatable bonds is 7. The zero-order chi connectivity index (χ0) is 11.4. The Balaban J connectivity index is 1.77. The molecule has 1 unspecified atom stereocenters. The molecule has 1 aromatic rings. The van der Waals surface area contributed by atoms with Crippen LogP contribution in [0.1, 0.15) is 37.3 Å². The zero-order valence-electron chi connectivity index (χ0n) is 10.1. The van der Waals surface area contributed by atoms with E-state index in [4.69, 9.17) is 10.5 Å². The molecule has 2 rings (SSSR count). The summed E-state index contributed by atoms with van der Waals surface area (Å²) in [7, 11) is 1.75. The van der Waals surface area contributed by atoms with Crippen molar-refractivity contribution in [2.24, 2.45) is 11.7 Å². The van der Waals surface area contributed by atoms with E-state index in [9.17, 15) is 0 Å². The first-order chi connectivity index (χ1) is 7.81. The third-order valence-electron chi connectivity index (χ3n) is 3.30. The number of unbranched alkanes of at least 4 members (excludes halogenated alkanes) is 1. The van der Waals surface area contributed by atoms with E-state index in [1.165, 1.54) is 24.8 Å². The van der Waals surface area contributed by atoms with Crippen molar-refractivity contribution in [3.63, 3.8) is 0 Å². The minimum atomic E-state index is 0.264. The standard InChI is InChI=1S/C13H22N2O/c1-16-9-3-2-7-15-8-6-12(10-15)13(14)11-4-5-11/h6,8,10-11,13H,2-5,7,9,14H2,1H3. The molecule has 0 amide bonds. The number of aryl methyl sites for hydroxylation is 1. The molecular weight excluding hydrogens is 200 g/mol. The number of hydrogen-bond acceptors (Lipinski definition) is 2. The highest BCUT2D eigenvalue weighted by atomic mass is 16.5. The molecule has 1 heterocycles. The fourth-order valence-corrected chi connectivity index (χ4v) is 2.06. The minimum Gasteiger partial charge on any atom is -0.385 e. The van der Waals surface area contributed by atoms with E-state index in [0.717, 1.165) is 25.5 Å². The van der Waals surface area contributed by atoms with Crippen LogP contribution in [-0.4, -0.2) is 18.3 Å². The quantitative estimate of drug-likeness (QED) is 0.719. The number of hydrogen-bond donors (Lipinski definition) is 1. The van der Waals surface area contributed by atoms with Crippen molar-refractivity contribution >= 4 is 0 Å². The molecular formula is C13H22N2O. The molecule has 0 bridgehead atoms. The summed E-state index contributed by atoms with van der Waals surface area (Å²) in [5.74, 6) is 0.740. The van der Waals surface area contributed by atoms with E-state index in [2.05, 4.69) is 23.0 Å². The van der Waals surface area contributed by atoms with Crippen LogP contribution in [0.15, 0.2) is 18.5 Å². The molecule has 1 aliphatic carbocycles. The first kappa shape index (κ1) is 11.7. The third-order valence-corrected chi connectivity index (χ3v) is 3.30. The molecule has 1 saturated carbocycles. The summed E-state index contributed by atoms with van der Waals surface area (Å²) in [6.07, 6.45) is 9.25. The minimum absolute atomic E-state index is 0.264. The van der Waals surface area contributed by atoms with Gasteiger partial charge in [0.15, 0.2) is 0 Å². The summed E-state index contributed by atoms with van der Waals surface area (Å²) in [5.41, 5.74) is 7.46. The summed E-state index contributed by atoms with van der Waals surface area (Å²) < 4.78 is 7.28. The van der Waals surface area contributed by atoms with Crippen LogP contribution in [0.2, 0.25) is 0 Å². The van der Waals surface area contributed by atoms with Gasteiger partial charge in [-0.3, -0.25) is 0 Å². The highest BCUT2D eigenvalue weighted by Gasteiger charge is 2.29. The maximum absolute atomic E-state index is 6.16. The second-order valence-electron chi connectivity index (χ2n) is 4.75. The van der Waals surface area contributed by atoms with E-state index in [-0.39, 0.29) is 6.04 Å². The molecule has 1 aliphatic rings. The lowest BCUT2D eigenvalue weighted by molar-refractivity contribution is 0.191. The van der Waals surface area contributed by atoms with Crippen molar-refractivity contribution in [2.75, 3.05) is 13.7 Å². The van der Waals surface area contributed by atoms with Crippen molar-refractivity contribution < 1.29 is 4.74 Å². The SMILES string of the molecule is COCCCCn1ccc(C(N)C2CC2)c1. The molecule has 1 atom stereocenters. The number of ether oxygens (including phenoxy) is 1. The molecule has 1 aromatic heterocycles. The molecule has 3 heteroatoms. The fourth-order valence-electron chi connectivity index (χ4n) is 2.06. The van der Waals surface area contributed by atoms with E-state index in [1.807, 2.05) is 0 Å². The van der Waals surface area contributed by atoms with Gasteiger partial charge >= 0.3 is 0 Å². The number of methoxy groups -OCH3 is 1. The van der Waals surface area contributed by atoms with Gasteiger partial charge in [-0.15, -0.1) is 0 Å². The molecule has 0 spiro atoms. The fraction of sp³-hybridized carbons (Fsp3) is 0.692. The van der Waals surface area contributed by atoms with Gasteiger partial charge in [-0.1, -0.05) is 0 Å². The topological polar surface area (TPSA) is 40.2 Å². The zero-order valence-corrected chi connectivity index (χ0v) is 10.1. The maximum atomic E-state index is 6.16. The Kier molecular flexibility index (Phi) is 4.02. The van der Waals surface area contributed by atoms with Gasteiger partial charge in [0.1, 0.15) is 0 Å². The Hall–Kier alpha value is -0.800. The molecule has 0 aromatic carbocycles. The van der Waals surface area contributed by atoms with Crippen LogP contribution in [0.25, 0.3) is 0 Å². The van der Waals surface area contributed by atoms with E-state index < -0.39 is 0 Å². The summed E-state index contributed by atoms with van der Waals surface area (Å²) in [6, 6.07) is 2.43. The van der Waals surface area contributed by atoms with E-state index >= 15 is 0 Å². The summed E-state index contributed by atoms with van der Waals surface area (Å²) in [6.45, 7) is 1.93. The van der Waals surface area contributed by atoms with Gasteiger partial charge in [-0.2, -0.15) is 0 Å². The third kappa shape index (κ3) is 3.09. The molecule has 90 valence electrons. The Morgan fingerprint density at radius 3 is 3.00 bits per heavy atom. The van der Waals surface area contributed by atoms with Gasteiger partial charge < -0.3 is 15.0 Å². The van der Waals surface area contributed by atoms with E-state index in [1.54, 1.807) is 7.11 Å². The number of nitrogens with two attached hydrogens (primary N) is 1. The van der Waals surface area contributed by atoms with Crippen LogP contribution in [0.3, 0.4) is 0 Å². The average Bonchev–Trinajstić information content (AvgIpc) is 3.03. The van der Waals surface area contributed by atoms with Crippen molar-refractivity contribution in [3.8, 4) is 0 Å². The summed E-state index contributed by atoms with van der Waals surface area (Å²) in [4.78, 5) is 0. The van der Waals surface area contributed by atoms with Gasteiger partial charge in [0.2, 0.25) is 0 Å². The molecule has 2 N–H and O–H groups in total. The molecule has 3 nitrogen and oxygen atoms in total. The summed E-state index contributed by atoms with van der Waals surface area (Å²) in [5, 5.41) is 0. The van der Waals surface area contributed by atoms with Crippen molar-refractivity contribution in [3.05, 3.63) is 24.0 Å². The Morgan fingerprint density at radius 2 is 2.31 bits per heavy atom. The van der Waals surface area contributed by atoms with Gasteiger partial charge in [0.25, 0.3) is 0 Å². The molecule has 0 saturated heterocycles. The van der Waals surface area contributed by atoms with Gasteiger partial charge in [0, 0.05) is 38.7 Å². The average molecular weight is 222 g/mol. The van der Waals surface area contributed by atoms with Crippen LogP contribution < -0.4 is 5.73 Å². The van der Waals surface area contributed by atoms with Crippen LogP contribution in [-0.2, 0) is 11.3 Å². The summed E-state index contributed by atoms with van der Waals surface area (Å²) >= 11 is 0. The van der Waals surface area contributed by atoms with Crippen LogP contribution >= 0.6 is 0 Å². The first-order valence-electron chi connectivity index (χ1n) is 6.21. The second kappa shape index (κ2) is 5.51. The van der Waals surface area contributed by atoms with Crippen molar-refractivity contribution in [1.82, 2.24) is 4.57 Å². The lowest BCUT2D eigenvalue weighted by Gasteiger charge is -2.07. The second-order valence-corrected chi connectivity index (χ2v) is 4.75. The van der Waals surface area contributed by atoms with Crippen LogP contribution in [0, 0.1) is 5.92 Å². The monoisotopic (exact) mass is 222 g/mol. The van der Waals surface area contributed by atoms with Crippen LogP contribution in [0.4, 0.5) is 0 Å². The largest absolute Gasteiger partial charge is 0.385 e. The predicted molar refractivity (Wildman–Crippen MR) is 65.2 cm³/mol. The molecule has 16 heavy (non-hydrogen) atoms. The Bertz CT molecular complexity index is 317. The molecule has 0 aliphatic heterocycles. The Labute approximate surface area is 97.6 Å². The van der Waals surface area contributed by atoms with Gasteiger partial charge in [0.05, 0.1) is 0 Å². The first-order valence-corrected chi connectivity index (χ1v) is 6.21.